The van der Waals surface area contributed by atoms with Crippen LogP contribution in [-0.4, -0.2) is 16.1 Å². The molecule has 2 aromatic rings. The largest absolute Gasteiger partial charge is 0.478 e. The molecule has 0 saturated heterocycles. The minimum absolute atomic E-state index is 0.0813. The van der Waals surface area contributed by atoms with Gasteiger partial charge < -0.3 is 10.1 Å². The standard InChI is InChI=1S/C8H4ClNO3S/c9-4-1-3(7(11)12)2-5-6(4)10-8(13)14-5/h1-2H,(H,10,13)(H,11,12). The molecule has 0 aliphatic carbocycles. The van der Waals surface area contributed by atoms with E-state index in [1.165, 1.54) is 12.1 Å². The molecule has 0 bridgehead atoms. The van der Waals surface area contributed by atoms with Crippen LogP contribution in [0.5, 0.6) is 0 Å². The average Bonchev–Trinajstić information content (AvgIpc) is 2.45. The maximum atomic E-state index is 11.0. The van der Waals surface area contributed by atoms with Gasteiger partial charge >= 0.3 is 10.8 Å². The molecular weight excluding hydrogens is 226 g/mol. The highest BCUT2D eigenvalue weighted by Crippen LogP contribution is 2.25. The first kappa shape index (κ1) is 9.23. The number of rotatable bonds is 1. The van der Waals surface area contributed by atoms with Gasteiger partial charge in [-0.1, -0.05) is 22.9 Å². The van der Waals surface area contributed by atoms with E-state index < -0.39 is 5.97 Å². The molecule has 0 amide bonds. The fourth-order valence-corrected chi connectivity index (χ4v) is 2.26. The van der Waals surface area contributed by atoms with Gasteiger partial charge in [0.25, 0.3) is 0 Å². The smallest absolute Gasteiger partial charge is 0.335 e. The lowest BCUT2D eigenvalue weighted by atomic mass is 10.2. The zero-order chi connectivity index (χ0) is 10.3. The number of benzene rings is 1. The fourth-order valence-electron chi connectivity index (χ4n) is 1.13. The molecule has 2 rings (SSSR count). The van der Waals surface area contributed by atoms with E-state index in [4.69, 9.17) is 16.7 Å². The van der Waals surface area contributed by atoms with Gasteiger partial charge in [0.15, 0.2) is 0 Å². The van der Waals surface area contributed by atoms with Crippen molar-refractivity contribution in [3.8, 4) is 0 Å². The molecule has 0 radical (unpaired) electrons. The summed E-state index contributed by atoms with van der Waals surface area (Å²) in [5, 5.41) is 8.98. The second-order valence-electron chi connectivity index (χ2n) is 2.65. The Bertz CT molecular complexity index is 571. The predicted molar refractivity (Wildman–Crippen MR) is 54.4 cm³/mol. The molecule has 72 valence electrons. The molecule has 0 aliphatic rings. The van der Waals surface area contributed by atoms with Crippen molar-refractivity contribution in [2.24, 2.45) is 0 Å². The first-order valence-electron chi connectivity index (χ1n) is 3.63. The molecular formula is C8H4ClNO3S. The number of carbonyl (C=O) groups is 1. The number of hydrogen-bond acceptors (Lipinski definition) is 3. The Hall–Kier alpha value is -1.33. The fraction of sp³-hybridized carbons (Fsp3) is 0. The van der Waals surface area contributed by atoms with Crippen molar-refractivity contribution in [2.75, 3.05) is 0 Å². The number of hydrogen-bond donors (Lipinski definition) is 2. The van der Waals surface area contributed by atoms with Crippen LogP contribution in [0.2, 0.25) is 5.02 Å². The number of aromatic nitrogens is 1. The van der Waals surface area contributed by atoms with E-state index in [0.29, 0.717) is 10.2 Å². The maximum Gasteiger partial charge on any atom is 0.335 e. The van der Waals surface area contributed by atoms with E-state index in [9.17, 15) is 9.59 Å². The molecule has 0 atom stereocenters. The third-order valence-electron chi connectivity index (χ3n) is 1.73. The molecule has 1 heterocycles. The minimum atomic E-state index is -1.06. The molecule has 0 unspecified atom stereocenters. The highest BCUT2D eigenvalue weighted by molar-refractivity contribution is 7.16. The second-order valence-corrected chi connectivity index (χ2v) is 4.07. The SMILES string of the molecule is O=C(O)c1cc(Cl)c2[nH]c(=O)sc2c1. The van der Waals surface area contributed by atoms with Crippen LogP contribution in [0, 0.1) is 0 Å². The van der Waals surface area contributed by atoms with Gasteiger partial charge in [0.05, 0.1) is 20.8 Å². The number of aromatic carboxylic acids is 1. The highest BCUT2D eigenvalue weighted by atomic mass is 35.5. The van der Waals surface area contributed by atoms with Gasteiger partial charge in [-0.25, -0.2) is 4.79 Å². The minimum Gasteiger partial charge on any atom is -0.478 e. The molecule has 0 aliphatic heterocycles. The Balaban J connectivity index is 2.84. The van der Waals surface area contributed by atoms with E-state index in [1.54, 1.807) is 0 Å². The van der Waals surface area contributed by atoms with E-state index in [0.717, 1.165) is 11.3 Å². The van der Waals surface area contributed by atoms with Crippen molar-refractivity contribution in [1.29, 1.82) is 0 Å². The number of halogens is 1. The molecule has 4 nitrogen and oxygen atoms in total. The van der Waals surface area contributed by atoms with Gasteiger partial charge in [-0.05, 0) is 12.1 Å². The molecule has 0 saturated carbocycles. The molecule has 2 N–H and O–H groups in total. The van der Waals surface area contributed by atoms with E-state index in [-0.39, 0.29) is 15.5 Å². The van der Waals surface area contributed by atoms with Crippen LogP contribution in [0.3, 0.4) is 0 Å². The Morgan fingerprint density at radius 3 is 2.86 bits per heavy atom. The zero-order valence-electron chi connectivity index (χ0n) is 6.70. The third-order valence-corrected chi connectivity index (χ3v) is 2.86. The van der Waals surface area contributed by atoms with Crippen LogP contribution in [0.15, 0.2) is 16.9 Å². The Morgan fingerprint density at radius 2 is 2.21 bits per heavy atom. The van der Waals surface area contributed by atoms with Gasteiger partial charge in [-0.2, -0.15) is 0 Å². The van der Waals surface area contributed by atoms with Crippen molar-refractivity contribution >= 4 is 39.1 Å². The summed E-state index contributed by atoms with van der Waals surface area (Å²) in [6.07, 6.45) is 0. The Labute approximate surface area is 86.8 Å². The van der Waals surface area contributed by atoms with Gasteiger partial charge in [0.2, 0.25) is 0 Å². The Kier molecular flexibility index (Phi) is 2.05. The summed E-state index contributed by atoms with van der Waals surface area (Å²) in [6, 6.07) is 2.74. The molecule has 0 spiro atoms. The average molecular weight is 230 g/mol. The molecule has 1 aromatic carbocycles. The molecule has 0 fully saturated rings. The topological polar surface area (TPSA) is 70.2 Å². The molecule has 14 heavy (non-hydrogen) atoms. The van der Waals surface area contributed by atoms with Crippen LogP contribution < -0.4 is 4.87 Å². The summed E-state index contributed by atoms with van der Waals surface area (Å²) in [5.74, 6) is -1.06. The number of carboxylic acid groups (broad SMARTS) is 1. The summed E-state index contributed by atoms with van der Waals surface area (Å²) >= 11 is 6.73. The molecule has 1 aromatic heterocycles. The number of H-pyrrole nitrogens is 1. The van der Waals surface area contributed by atoms with Gasteiger partial charge in [-0.3, -0.25) is 4.79 Å². The van der Waals surface area contributed by atoms with Crippen LogP contribution in [0.4, 0.5) is 0 Å². The summed E-state index contributed by atoms with van der Waals surface area (Å²) in [6.45, 7) is 0. The quantitative estimate of drug-likeness (QED) is 0.785. The van der Waals surface area contributed by atoms with Crippen molar-refractivity contribution in [2.45, 2.75) is 0 Å². The number of carboxylic acids is 1. The monoisotopic (exact) mass is 229 g/mol. The van der Waals surface area contributed by atoms with Gasteiger partial charge in [-0.15, -0.1) is 0 Å². The second kappa shape index (κ2) is 3.11. The van der Waals surface area contributed by atoms with Crippen LogP contribution in [-0.2, 0) is 0 Å². The zero-order valence-corrected chi connectivity index (χ0v) is 8.28. The summed E-state index contributed by atoms with van der Waals surface area (Å²) in [4.78, 5) is 23.9. The Morgan fingerprint density at radius 1 is 1.50 bits per heavy atom. The molecule has 6 heteroatoms. The normalized spacial score (nSPS) is 10.6. The van der Waals surface area contributed by atoms with Crippen LogP contribution >= 0.6 is 22.9 Å². The van der Waals surface area contributed by atoms with Crippen molar-refractivity contribution in [3.05, 3.63) is 32.4 Å². The lowest BCUT2D eigenvalue weighted by Crippen LogP contribution is -1.95. The van der Waals surface area contributed by atoms with Gasteiger partial charge in [0, 0.05) is 0 Å². The lowest BCUT2D eigenvalue weighted by molar-refractivity contribution is 0.0697. The number of fused-ring (bicyclic) bond motifs is 1. The highest BCUT2D eigenvalue weighted by Gasteiger charge is 2.10. The summed E-state index contributed by atoms with van der Waals surface area (Å²) in [7, 11) is 0. The van der Waals surface area contributed by atoms with E-state index >= 15 is 0 Å². The number of aromatic amines is 1. The third kappa shape index (κ3) is 1.40. The van der Waals surface area contributed by atoms with Gasteiger partial charge in [0.1, 0.15) is 0 Å². The summed E-state index contributed by atoms with van der Waals surface area (Å²) < 4.78 is 0.555. The lowest BCUT2D eigenvalue weighted by Gasteiger charge is -1.96. The van der Waals surface area contributed by atoms with Crippen LogP contribution in [0.1, 0.15) is 10.4 Å². The number of nitrogens with one attached hydrogen (secondary N) is 1. The van der Waals surface area contributed by atoms with E-state index in [1.807, 2.05) is 0 Å². The van der Waals surface area contributed by atoms with Crippen LogP contribution in [0.25, 0.3) is 10.2 Å². The first-order valence-corrected chi connectivity index (χ1v) is 4.83. The van der Waals surface area contributed by atoms with E-state index in [2.05, 4.69) is 4.98 Å². The summed E-state index contributed by atoms with van der Waals surface area (Å²) in [5.41, 5.74) is 0.574. The predicted octanol–water partition coefficient (Wildman–Crippen LogP) is 1.94. The first-order chi connectivity index (χ1) is 6.58. The maximum absolute atomic E-state index is 11.0. The van der Waals surface area contributed by atoms with Crippen molar-refractivity contribution < 1.29 is 9.90 Å². The van der Waals surface area contributed by atoms with Crippen molar-refractivity contribution in [1.82, 2.24) is 4.98 Å². The number of thiazole rings is 1. The van der Waals surface area contributed by atoms with Crippen molar-refractivity contribution in [3.63, 3.8) is 0 Å².